The maximum absolute atomic E-state index is 13.6. The van der Waals surface area contributed by atoms with Gasteiger partial charge in [-0.3, -0.25) is 15.2 Å². The molecule has 3 saturated heterocycles. The van der Waals surface area contributed by atoms with E-state index in [1.807, 2.05) is 0 Å². The van der Waals surface area contributed by atoms with Crippen LogP contribution in [0.3, 0.4) is 0 Å². The number of carbonyl (C=O) groups excluding carboxylic acids is 1. The van der Waals surface area contributed by atoms with Gasteiger partial charge in [0.15, 0.2) is 0 Å². The van der Waals surface area contributed by atoms with E-state index >= 15 is 0 Å². The topological polar surface area (TPSA) is 54.5 Å². The quantitative estimate of drug-likeness (QED) is 0.922. The summed E-state index contributed by atoms with van der Waals surface area (Å²) in [6, 6.07) is 4.29. The summed E-state index contributed by atoms with van der Waals surface area (Å²) in [7, 11) is 0. The summed E-state index contributed by atoms with van der Waals surface area (Å²) < 4.78 is 19.2. The first kappa shape index (κ1) is 15.5. The number of rotatable bonds is 3. The van der Waals surface area contributed by atoms with Crippen molar-refractivity contribution in [2.45, 2.75) is 18.9 Å². The summed E-state index contributed by atoms with van der Waals surface area (Å²) in [4.78, 5) is 19.5. The Labute approximate surface area is 143 Å². The van der Waals surface area contributed by atoms with Crippen LogP contribution < -0.4 is 5.32 Å². The third kappa shape index (κ3) is 3.14. The second-order valence-electron chi connectivity index (χ2n) is 6.26. The molecule has 24 heavy (non-hydrogen) atoms. The van der Waals surface area contributed by atoms with E-state index in [2.05, 4.69) is 15.2 Å². The molecule has 3 aliphatic rings. The molecular weight excluding hydrogens is 329 g/mol. The number of nitrogens with zero attached hydrogens (tertiary/aromatic N) is 2. The van der Waals surface area contributed by atoms with Crippen LogP contribution in [0.5, 0.6) is 0 Å². The average Bonchev–Trinajstić information content (AvgIpc) is 3.12. The first-order valence-electron chi connectivity index (χ1n) is 8.07. The first-order valence-corrected chi connectivity index (χ1v) is 8.95. The molecule has 0 spiro atoms. The predicted octanol–water partition coefficient (Wildman–Crippen LogP) is 3.59. The highest BCUT2D eigenvalue weighted by molar-refractivity contribution is 7.13. The van der Waals surface area contributed by atoms with Crippen LogP contribution >= 0.6 is 11.3 Å². The summed E-state index contributed by atoms with van der Waals surface area (Å²) in [5.41, 5.74) is 2.82. The largest absolute Gasteiger partial charge is 0.444 e. The SMILES string of the molecule is O=C(Nc1ccc(F)cc1-c1cncs1)OC1CN2CCC1CC2. The number of aromatic nitrogens is 1. The van der Waals surface area contributed by atoms with Crippen LogP contribution in [0, 0.1) is 11.7 Å². The molecule has 1 N–H and O–H groups in total. The lowest BCUT2D eigenvalue weighted by Gasteiger charge is -2.43. The van der Waals surface area contributed by atoms with Gasteiger partial charge in [-0.1, -0.05) is 0 Å². The van der Waals surface area contributed by atoms with Crippen molar-refractivity contribution in [3.05, 3.63) is 35.7 Å². The van der Waals surface area contributed by atoms with Crippen molar-refractivity contribution in [3.8, 4) is 10.4 Å². The summed E-state index contributed by atoms with van der Waals surface area (Å²) in [6.45, 7) is 3.00. The molecule has 2 aromatic rings. The maximum atomic E-state index is 13.6. The second kappa shape index (κ2) is 6.49. The van der Waals surface area contributed by atoms with Crippen molar-refractivity contribution in [1.29, 1.82) is 0 Å². The Bertz CT molecular complexity index is 729. The third-order valence-electron chi connectivity index (χ3n) is 4.77. The van der Waals surface area contributed by atoms with Gasteiger partial charge in [-0.2, -0.15) is 0 Å². The van der Waals surface area contributed by atoms with E-state index in [0.717, 1.165) is 37.4 Å². The molecule has 2 bridgehead atoms. The summed E-state index contributed by atoms with van der Waals surface area (Å²) in [5.74, 6) is 0.102. The number of carbonyl (C=O) groups is 1. The highest BCUT2D eigenvalue weighted by Gasteiger charge is 2.36. The molecule has 126 valence electrons. The van der Waals surface area contributed by atoms with Crippen molar-refractivity contribution in [2.75, 3.05) is 25.0 Å². The van der Waals surface area contributed by atoms with E-state index in [0.29, 0.717) is 17.2 Å². The number of ether oxygens (including phenoxy) is 1. The number of fused-ring (bicyclic) bond motifs is 3. The lowest BCUT2D eigenvalue weighted by atomic mass is 9.86. The number of piperidine rings is 3. The Hall–Kier alpha value is -1.99. The molecule has 1 amide bonds. The van der Waals surface area contributed by atoms with Gasteiger partial charge in [-0.15, -0.1) is 11.3 Å². The Balaban J connectivity index is 1.48. The first-order chi connectivity index (χ1) is 11.7. The third-order valence-corrected chi connectivity index (χ3v) is 5.58. The molecule has 7 heteroatoms. The van der Waals surface area contributed by atoms with Crippen LogP contribution in [0.25, 0.3) is 10.4 Å². The molecule has 4 heterocycles. The number of benzene rings is 1. The summed E-state index contributed by atoms with van der Waals surface area (Å²) in [6.07, 6.45) is 3.29. The number of anilines is 1. The molecule has 5 nitrogen and oxygen atoms in total. The van der Waals surface area contributed by atoms with Gasteiger partial charge in [0, 0.05) is 18.3 Å². The van der Waals surface area contributed by atoms with Crippen LogP contribution in [0.2, 0.25) is 0 Å². The normalized spacial score (nSPS) is 25.5. The van der Waals surface area contributed by atoms with Gasteiger partial charge >= 0.3 is 6.09 Å². The molecule has 0 aliphatic carbocycles. The number of thiazole rings is 1. The smallest absolute Gasteiger partial charge is 0.411 e. The van der Waals surface area contributed by atoms with E-state index in [1.54, 1.807) is 17.8 Å². The van der Waals surface area contributed by atoms with Crippen molar-refractivity contribution in [1.82, 2.24) is 9.88 Å². The monoisotopic (exact) mass is 347 g/mol. The zero-order valence-corrected chi connectivity index (χ0v) is 13.9. The number of halogens is 1. The highest BCUT2D eigenvalue weighted by atomic mass is 32.1. The molecule has 5 rings (SSSR count). The minimum absolute atomic E-state index is 0.0557. The zero-order valence-electron chi connectivity index (χ0n) is 13.1. The second-order valence-corrected chi connectivity index (χ2v) is 7.15. The Kier molecular flexibility index (Phi) is 4.20. The van der Waals surface area contributed by atoms with Gasteiger partial charge in [0.05, 0.1) is 16.1 Å². The fourth-order valence-electron chi connectivity index (χ4n) is 3.50. The Morgan fingerprint density at radius 1 is 1.38 bits per heavy atom. The van der Waals surface area contributed by atoms with E-state index in [4.69, 9.17) is 4.74 Å². The molecular formula is C17H18FN3O2S. The highest BCUT2D eigenvalue weighted by Crippen LogP contribution is 2.33. The molecule has 0 radical (unpaired) electrons. The number of hydrogen-bond acceptors (Lipinski definition) is 5. The van der Waals surface area contributed by atoms with Crippen molar-refractivity contribution >= 4 is 23.1 Å². The van der Waals surface area contributed by atoms with E-state index in [-0.39, 0.29) is 11.9 Å². The predicted molar refractivity (Wildman–Crippen MR) is 90.6 cm³/mol. The van der Waals surface area contributed by atoms with Gasteiger partial charge in [-0.05, 0) is 50.0 Å². The standard InChI is InChI=1S/C17H18FN3O2S/c18-12-1-2-14(13(7-12)16-8-19-10-24-16)20-17(22)23-15-9-21-5-3-11(15)4-6-21/h1-2,7-8,10-11,15H,3-6,9H2,(H,20,22). The van der Waals surface area contributed by atoms with Gasteiger partial charge in [-0.25, -0.2) is 9.18 Å². The van der Waals surface area contributed by atoms with Gasteiger partial charge in [0.1, 0.15) is 11.9 Å². The van der Waals surface area contributed by atoms with Crippen LogP contribution in [-0.4, -0.2) is 41.7 Å². The Morgan fingerprint density at radius 3 is 2.88 bits per heavy atom. The van der Waals surface area contributed by atoms with Crippen molar-refractivity contribution in [2.24, 2.45) is 5.92 Å². The van der Waals surface area contributed by atoms with Crippen molar-refractivity contribution < 1.29 is 13.9 Å². The van der Waals surface area contributed by atoms with Crippen LogP contribution in [0.1, 0.15) is 12.8 Å². The summed E-state index contributed by atoms with van der Waals surface area (Å²) >= 11 is 1.39. The molecule has 0 saturated carbocycles. The fraction of sp³-hybridized carbons (Fsp3) is 0.412. The molecule has 3 fully saturated rings. The maximum Gasteiger partial charge on any atom is 0.411 e. The zero-order chi connectivity index (χ0) is 16.5. The van der Waals surface area contributed by atoms with Crippen LogP contribution in [0.4, 0.5) is 14.9 Å². The lowest BCUT2D eigenvalue weighted by molar-refractivity contribution is -0.0289. The van der Waals surface area contributed by atoms with Crippen molar-refractivity contribution in [3.63, 3.8) is 0 Å². The fourth-order valence-corrected chi connectivity index (χ4v) is 4.15. The van der Waals surface area contributed by atoms with Crippen LogP contribution in [0.15, 0.2) is 29.9 Å². The van der Waals surface area contributed by atoms with Gasteiger partial charge in [0.2, 0.25) is 0 Å². The number of nitrogens with one attached hydrogen (secondary N) is 1. The Morgan fingerprint density at radius 2 is 2.21 bits per heavy atom. The van der Waals surface area contributed by atoms with E-state index < -0.39 is 6.09 Å². The molecule has 1 unspecified atom stereocenters. The summed E-state index contributed by atoms with van der Waals surface area (Å²) in [5, 5.41) is 2.77. The molecule has 1 aromatic carbocycles. The molecule has 1 aromatic heterocycles. The molecule has 3 aliphatic heterocycles. The number of hydrogen-bond donors (Lipinski definition) is 1. The minimum Gasteiger partial charge on any atom is -0.444 e. The lowest BCUT2D eigenvalue weighted by Crippen LogP contribution is -2.52. The molecule has 1 atom stereocenters. The van der Waals surface area contributed by atoms with Crippen LogP contribution in [-0.2, 0) is 4.74 Å². The van der Waals surface area contributed by atoms with Gasteiger partial charge in [0.25, 0.3) is 0 Å². The van der Waals surface area contributed by atoms with E-state index in [9.17, 15) is 9.18 Å². The minimum atomic E-state index is -0.480. The number of amides is 1. The average molecular weight is 347 g/mol. The van der Waals surface area contributed by atoms with Gasteiger partial charge < -0.3 is 4.74 Å². The van der Waals surface area contributed by atoms with E-state index in [1.165, 1.54) is 23.5 Å².